The first-order chi connectivity index (χ1) is 9.79. The number of para-hydroxylation sites is 2. The number of hydrogen-bond donors (Lipinski definition) is 1. The van der Waals surface area contributed by atoms with Crippen molar-refractivity contribution in [3.63, 3.8) is 0 Å². The highest BCUT2D eigenvalue weighted by atomic mass is 16.2. The number of aryl methyl sites for hydroxylation is 2. The Bertz CT molecular complexity index is 713. The minimum atomic E-state index is 0.243. The molecule has 0 aliphatic carbocycles. The van der Waals surface area contributed by atoms with Crippen molar-refractivity contribution in [2.24, 2.45) is 0 Å². The third kappa shape index (κ3) is 2.32. The SMILES string of the molecule is Cc1nc2ccccc2n1-c1ccc(CCCO)cc1. The van der Waals surface area contributed by atoms with E-state index in [-0.39, 0.29) is 6.61 Å². The predicted molar refractivity (Wildman–Crippen MR) is 81.2 cm³/mol. The van der Waals surface area contributed by atoms with Gasteiger partial charge < -0.3 is 5.11 Å². The van der Waals surface area contributed by atoms with Crippen LogP contribution in [-0.2, 0) is 6.42 Å². The van der Waals surface area contributed by atoms with E-state index in [1.54, 1.807) is 0 Å². The lowest BCUT2D eigenvalue weighted by Gasteiger charge is -2.08. The number of aromatic nitrogens is 2. The number of nitrogens with zero attached hydrogens (tertiary/aromatic N) is 2. The van der Waals surface area contributed by atoms with Gasteiger partial charge in [-0.1, -0.05) is 24.3 Å². The van der Waals surface area contributed by atoms with Gasteiger partial charge in [-0.15, -0.1) is 0 Å². The maximum absolute atomic E-state index is 8.87. The Morgan fingerprint density at radius 3 is 2.55 bits per heavy atom. The summed E-state index contributed by atoms with van der Waals surface area (Å²) in [5.41, 5.74) is 4.54. The normalized spacial score (nSPS) is 11.1. The average molecular weight is 266 g/mol. The fraction of sp³-hybridized carbons (Fsp3) is 0.235. The lowest BCUT2D eigenvalue weighted by molar-refractivity contribution is 0.288. The fourth-order valence-corrected chi connectivity index (χ4v) is 2.57. The molecule has 0 saturated heterocycles. The van der Waals surface area contributed by atoms with E-state index < -0.39 is 0 Å². The van der Waals surface area contributed by atoms with E-state index in [2.05, 4.69) is 39.9 Å². The van der Waals surface area contributed by atoms with Crippen molar-refractivity contribution in [2.75, 3.05) is 6.61 Å². The van der Waals surface area contributed by atoms with Crippen LogP contribution in [0.4, 0.5) is 0 Å². The summed E-state index contributed by atoms with van der Waals surface area (Å²) >= 11 is 0. The zero-order chi connectivity index (χ0) is 13.9. The largest absolute Gasteiger partial charge is 0.396 e. The number of fused-ring (bicyclic) bond motifs is 1. The Morgan fingerprint density at radius 2 is 1.80 bits per heavy atom. The van der Waals surface area contributed by atoms with Gasteiger partial charge in [-0.05, 0) is 49.6 Å². The molecule has 3 aromatic rings. The molecule has 2 aromatic carbocycles. The Morgan fingerprint density at radius 1 is 1.05 bits per heavy atom. The van der Waals surface area contributed by atoms with E-state index in [1.807, 2.05) is 25.1 Å². The molecule has 3 heteroatoms. The van der Waals surface area contributed by atoms with Gasteiger partial charge in [0.1, 0.15) is 5.82 Å². The van der Waals surface area contributed by atoms with E-state index in [4.69, 9.17) is 5.11 Å². The summed E-state index contributed by atoms with van der Waals surface area (Å²) in [6.07, 6.45) is 1.73. The molecule has 1 N–H and O–H groups in total. The Balaban J connectivity index is 2.00. The topological polar surface area (TPSA) is 38.0 Å². The van der Waals surface area contributed by atoms with Gasteiger partial charge in [0, 0.05) is 12.3 Å². The van der Waals surface area contributed by atoms with Gasteiger partial charge in [0.2, 0.25) is 0 Å². The lowest BCUT2D eigenvalue weighted by atomic mass is 10.1. The fourth-order valence-electron chi connectivity index (χ4n) is 2.57. The van der Waals surface area contributed by atoms with Crippen molar-refractivity contribution in [2.45, 2.75) is 19.8 Å². The first kappa shape index (κ1) is 12.9. The van der Waals surface area contributed by atoms with Gasteiger partial charge >= 0.3 is 0 Å². The molecule has 3 rings (SSSR count). The minimum absolute atomic E-state index is 0.243. The number of benzene rings is 2. The van der Waals surface area contributed by atoms with Crippen LogP contribution in [0.2, 0.25) is 0 Å². The van der Waals surface area contributed by atoms with E-state index >= 15 is 0 Å². The summed E-state index contributed by atoms with van der Waals surface area (Å²) < 4.78 is 2.17. The second kappa shape index (κ2) is 5.47. The lowest BCUT2D eigenvalue weighted by Crippen LogP contribution is -1.97. The van der Waals surface area contributed by atoms with Crippen molar-refractivity contribution in [1.82, 2.24) is 9.55 Å². The van der Waals surface area contributed by atoms with Crippen molar-refractivity contribution in [1.29, 1.82) is 0 Å². The van der Waals surface area contributed by atoms with E-state index in [1.165, 1.54) is 5.56 Å². The van der Waals surface area contributed by atoms with E-state index in [0.717, 1.165) is 35.4 Å². The maximum atomic E-state index is 8.87. The van der Waals surface area contributed by atoms with Crippen molar-refractivity contribution < 1.29 is 5.11 Å². The number of imidazole rings is 1. The van der Waals surface area contributed by atoms with Crippen LogP contribution in [0.5, 0.6) is 0 Å². The highest BCUT2D eigenvalue weighted by Crippen LogP contribution is 2.21. The standard InChI is InChI=1S/C17H18N2O/c1-13-18-16-6-2-3-7-17(16)19(13)15-10-8-14(9-11-15)5-4-12-20/h2-3,6-11,20H,4-5,12H2,1H3. The van der Waals surface area contributed by atoms with Crippen LogP contribution < -0.4 is 0 Å². The smallest absolute Gasteiger partial charge is 0.111 e. The highest BCUT2D eigenvalue weighted by Gasteiger charge is 2.08. The van der Waals surface area contributed by atoms with Crippen LogP contribution in [0, 0.1) is 6.92 Å². The zero-order valence-electron chi connectivity index (χ0n) is 11.6. The summed E-state index contributed by atoms with van der Waals surface area (Å²) in [4.78, 5) is 4.59. The van der Waals surface area contributed by atoms with E-state index in [0.29, 0.717) is 0 Å². The molecule has 0 spiro atoms. The van der Waals surface area contributed by atoms with Gasteiger partial charge in [-0.25, -0.2) is 4.98 Å². The molecule has 0 aliphatic rings. The molecule has 0 bridgehead atoms. The van der Waals surface area contributed by atoms with Crippen molar-refractivity contribution in [3.8, 4) is 5.69 Å². The molecule has 20 heavy (non-hydrogen) atoms. The second-order valence-electron chi connectivity index (χ2n) is 4.98. The number of aliphatic hydroxyl groups is 1. The molecule has 0 amide bonds. The van der Waals surface area contributed by atoms with Gasteiger partial charge in [0.15, 0.2) is 0 Å². The summed E-state index contributed by atoms with van der Waals surface area (Å²) in [6.45, 7) is 2.27. The first-order valence-corrected chi connectivity index (χ1v) is 6.94. The van der Waals surface area contributed by atoms with Crippen molar-refractivity contribution >= 4 is 11.0 Å². The monoisotopic (exact) mass is 266 g/mol. The number of rotatable bonds is 4. The van der Waals surface area contributed by atoms with Crippen LogP contribution >= 0.6 is 0 Å². The van der Waals surface area contributed by atoms with Gasteiger partial charge in [-0.2, -0.15) is 0 Å². The molecule has 0 aliphatic heterocycles. The van der Waals surface area contributed by atoms with E-state index in [9.17, 15) is 0 Å². The van der Waals surface area contributed by atoms with Gasteiger partial charge in [0.05, 0.1) is 11.0 Å². The molecule has 0 atom stereocenters. The predicted octanol–water partition coefficient (Wildman–Crippen LogP) is 3.26. The van der Waals surface area contributed by atoms with Crippen LogP contribution in [0.1, 0.15) is 17.8 Å². The third-order valence-electron chi connectivity index (χ3n) is 3.55. The molecule has 0 saturated carbocycles. The van der Waals surface area contributed by atoms with Gasteiger partial charge in [0.25, 0.3) is 0 Å². The summed E-state index contributed by atoms with van der Waals surface area (Å²) in [5.74, 6) is 0.995. The average Bonchev–Trinajstić information content (AvgIpc) is 2.81. The molecule has 0 radical (unpaired) electrons. The highest BCUT2D eigenvalue weighted by molar-refractivity contribution is 5.78. The molecule has 0 fully saturated rings. The molecular formula is C17H18N2O. The Hall–Kier alpha value is -2.13. The molecule has 0 unspecified atom stereocenters. The maximum Gasteiger partial charge on any atom is 0.111 e. The molecule has 1 aromatic heterocycles. The summed E-state index contributed by atoms with van der Waals surface area (Å²) in [6, 6.07) is 16.7. The van der Waals surface area contributed by atoms with Crippen LogP contribution in [-0.4, -0.2) is 21.3 Å². The summed E-state index contributed by atoms with van der Waals surface area (Å²) in [5, 5.41) is 8.87. The Kier molecular flexibility index (Phi) is 3.52. The van der Waals surface area contributed by atoms with Gasteiger partial charge in [-0.3, -0.25) is 4.57 Å². The summed E-state index contributed by atoms with van der Waals surface area (Å²) in [7, 11) is 0. The number of hydrogen-bond acceptors (Lipinski definition) is 2. The van der Waals surface area contributed by atoms with Crippen LogP contribution in [0.25, 0.3) is 16.7 Å². The molecule has 1 heterocycles. The first-order valence-electron chi connectivity index (χ1n) is 6.94. The number of aliphatic hydroxyl groups excluding tert-OH is 1. The van der Waals surface area contributed by atoms with Crippen LogP contribution in [0.15, 0.2) is 48.5 Å². The van der Waals surface area contributed by atoms with Crippen LogP contribution in [0.3, 0.4) is 0 Å². The minimum Gasteiger partial charge on any atom is -0.396 e. The van der Waals surface area contributed by atoms with Crippen molar-refractivity contribution in [3.05, 3.63) is 59.9 Å². The third-order valence-corrected chi connectivity index (χ3v) is 3.55. The molecular weight excluding hydrogens is 248 g/mol. The quantitative estimate of drug-likeness (QED) is 0.787. The molecule has 3 nitrogen and oxygen atoms in total. The second-order valence-corrected chi connectivity index (χ2v) is 4.98. The Labute approximate surface area is 118 Å². The molecule has 102 valence electrons. The zero-order valence-corrected chi connectivity index (χ0v) is 11.6.